The second-order valence-corrected chi connectivity index (χ2v) is 14.1. The molecule has 4 aromatic rings. The number of nitrogens with zero attached hydrogens (tertiary/aromatic N) is 3. The van der Waals surface area contributed by atoms with E-state index in [0.717, 1.165) is 73.3 Å². The summed E-state index contributed by atoms with van der Waals surface area (Å²) in [5.74, 6) is 5.69. The molecule has 2 aromatic heterocycles. The summed E-state index contributed by atoms with van der Waals surface area (Å²) in [7, 11) is -2.07. The lowest BCUT2D eigenvalue weighted by atomic mass is 9.97. The molecule has 1 saturated heterocycles. The summed E-state index contributed by atoms with van der Waals surface area (Å²) >= 11 is 1.28. The third kappa shape index (κ3) is 6.79. The van der Waals surface area contributed by atoms with Gasteiger partial charge in [-0.25, -0.2) is 27.7 Å². The molecule has 1 saturated carbocycles. The summed E-state index contributed by atoms with van der Waals surface area (Å²) in [6.07, 6.45) is 5.04. The Bertz CT molecular complexity index is 1890. The number of benzene rings is 2. The van der Waals surface area contributed by atoms with E-state index >= 15 is 0 Å². The van der Waals surface area contributed by atoms with Crippen molar-refractivity contribution < 1.29 is 22.7 Å². The Labute approximate surface area is 260 Å². The summed E-state index contributed by atoms with van der Waals surface area (Å²) in [4.78, 5) is 17.8. The van der Waals surface area contributed by atoms with Crippen LogP contribution in [-0.2, 0) is 23.0 Å². The third-order valence-corrected chi connectivity index (χ3v) is 10.1. The van der Waals surface area contributed by atoms with Gasteiger partial charge in [0.2, 0.25) is 10.0 Å². The van der Waals surface area contributed by atoms with E-state index in [1.807, 2.05) is 30.3 Å². The molecule has 2 fully saturated rings. The maximum absolute atomic E-state index is 14.9. The first-order chi connectivity index (χ1) is 21.0. The molecule has 1 aliphatic carbocycles. The largest absolute Gasteiger partial charge is 0.476 e. The average molecular weight is 633 g/mol. The molecule has 2 aliphatic rings. The normalized spacial score (nSPS) is 16.1. The summed E-state index contributed by atoms with van der Waals surface area (Å²) in [6, 6.07) is 14.0. The molecule has 0 spiro atoms. The Balaban J connectivity index is 1.45. The summed E-state index contributed by atoms with van der Waals surface area (Å²) in [5, 5.41) is 16.9. The molecule has 2 aromatic carbocycles. The molecule has 6 rings (SSSR count). The van der Waals surface area contributed by atoms with Gasteiger partial charge >= 0.3 is 5.97 Å². The fourth-order valence-corrected chi connectivity index (χ4v) is 7.08. The molecule has 3 N–H and O–H groups in total. The van der Waals surface area contributed by atoms with E-state index in [9.17, 15) is 22.7 Å². The number of carboxylic acids is 1. The molecule has 0 bridgehead atoms. The standard InChI is InChI=1S/C33H33FN4O4S2/c1-37-13-11-21(12-14-37)5-6-22-3-2-4-25(15-22)29-18-26(32-36-28(20-43-32)33(39)40)30(17-23-7-8-23)38(29)19-24-9-10-31(27(34)16-24)44(35,41)42/h2-4,9-10,15-16,18,20-21,23H,7-8,11-14,17,19H2,1H3,(H,39,40)(H2,35,41,42). The molecular weight excluding hydrogens is 600 g/mol. The number of nitrogens with two attached hydrogens (primary N) is 1. The van der Waals surface area contributed by atoms with E-state index < -0.39 is 26.7 Å². The van der Waals surface area contributed by atoms with Gasteiger partial charge in [0.15, 0.2) is 5.69 Å². The van der Waals surface area contributed by atoms with Crippen LogP contribution in [0.1, 0.15) is 53.0 Å². The molecule has 0 radical (unpaired) electrons. The van der Waals surface area contributed by atoms with E-state index in [0.29, 0.717) is 22.4 Å². The van der Waals surface area contributed by atoms with Crippen molar-refractivity contribution >= 4 is 27.3 Å². The highest BCUT2D eigenvalue weighted by atomic mass is 32.2. The van der Waals surface area contributed by atoms with Gasteiger partial charge in [0.25, 0.3) is 0 Å². The first-order valence-electron chi connectivity index (χ1n) is 14.6. The van der Waals surface area contributed by atoms with Crippen molar-refractivity contribution in [2.75, 3.05) is 20.1 Å². The predicted molar refractivity (Wildman–Crippen MR) is 168 cm³/mol. The number of carboxylic acid groups (broad SMARTS) is 1. The van der Waals surface area contributed by atoms with Crippen LogP contribution in [0.5, 0.6) is 0 Å². The van der Waals surface area contributed by atoms with Crippen LogP contribution in [0.4, 0.5) is 4.39 Å². The highest BCUT2D eigenvalue weighted by Gasteiger charge is 2.28. The number of likely N-dealkylation sites (tertiary alicyclic amines) is 1. The SMILES string of the molecule is CN1CCC(C#Cc2cccc(-c3cc(-c4nc(C(=O)O)cs4)c(CC4CC4)n3Cc3ccc(S(N)(=O)=O)c(F)c3)c2)CC1. The highest BCUT2D eigenvalue weighted by molar-refractivity contribution is 7.89. The number of primary sulfonamides is 1. The van der Waals surface area contributed by atoms with E-state index in [-0.39, 0.29) is 12.2 Å². The molecule has 0 unspecified atom stereocenters. The third-order valence-electron chi connectivity index (χ3n) is 8.28. The van der Waals surface area contributed by atoms with Gasteiger partial charge in [-0.3, -0.25) is 0 Å². The summed E-state index contributed by atoms with van der Waals surface area (Å²) in [6.45, 7) is 2.35. The Hall–Kier alpha value is -3.82. The molecule has 44 heavy (non-hydrogen) atoms. The predicted octanol–water partition coefficient (Wildman–Crippen LogP) is 5.46. The van der Waals surface area contributed by atoms with Gasteiger partial charge in [0.1, 0.15) is 15.7 Å². The maximum atomic E-state index is 14.9. The number of rotatable bonds is 8. The van der Waals surface area contributed by atoms with Crippen molar-refractivity contribution in [2.24, 2.45) is 17.0 Å². The van der Waals surface area contributed by atoms with Crippen molar-refractivity contribution in [1.82, 2.24) is 14.5 Å². The van der Waals surface area contributed by atoms with Gasteiger partial charge in [0.05, 0.1) is 0 Å². The van der Waals surface area contributed by atoms with Crippen LogP contribution >= 0.6 is 11.3 Å². The Kier molecular flexibility index (Phi) is 8.44. The average Bonchev–Trinajstić information content (AvgIpc) is 3.54. The number of thiazole rings is 1. The van der Waals surface area contributed by atoms with Crippen molar-refractivity contribution in [1.29, 1.82) is 0 Å². The Morgan fingerprint density at radius 3 is 2.57 bits per heavy atom. The van der Waals surface area contributed by atoms with Gasteiger partial charge in [0, 0.05) is 40.4 Å². The van der Waals surface area contributed by atoms with Crippen LogP contribution in [0, 0.1) is 29.5 Å². The smallest absolute Gasteiger partial charge is 0.355 e. The lowest BCUT2D eigenvalue weighted by Gasteiger charge is -2.25. The molecular formula is C33H33FN4O4S2. The van der Waals surface area contributed by atoms with Crippen LogP contribution in [0.25, 0.3) is 21.8 Å². The second-order valence-electron chi connectivity index (χ2n) is 11.7. The molecule has 228 valence electrons. The van der Waals surface area contributed by atoms with Crippen LogP contribution in [-0.4, -0.2) is 54.1 Å². The van der Waals surface area contributed by atoms with Crippen LogP contribution in [0.3, 0.4) is 0 Å². The second kappa shape index (κ2) is 12.3. The molecule has 0 atom stereocenters. The fraction of sp³-hybridized carbons (Fsp3) is 0.333. The minimum absolute atomic E-state index is 0.0106. The lowest BCUT2D eigenvalue weighted by molar-refractivity contribution is 0.0691. The van der Waals surface area contributed by atoms with Crippen molar-refractivity contribution in [3.05, 3.63) is 82.2 Å². The Morgan fingerprint density at radius 1 is 1.14 bits per heavy atom. The van der Waals surface area contributed by atoms with Gasteiger partial charge in [-0.2, -0.15) is 0 Å². The number of carbonyl (C=O) groups is 1. The summed E-state index contributed by atoms with van der Waals surface area (Å²) in [5.41, 5.74) is 5.05. The quantitative estimate of drug-likeness (QED) is 0.249. The highest BCUT2D eigenvalue weighted by Crippen LogP contribution is 2.41. The zero-order valence-electron chi connectivity index (χ0n) is 24.3. The van der Waals surface area contributed by atoms with E-state index in [4.69, 9.17) is 5.14 Å². The van der Waals surface area contributed by atoms with Gasteiger partial charge < -0.3 is 14.6 Å². The minimum atomic E-state index is -4.20. The van der Waals surface area contributed by atoms with Crippen LogP contribution in [0.2, 0.25) is 0 Å². The molecule has 8 nitrogen and oxygen atoms in total. The monoisotopic (exact) mass is 632 g/mol. The summed E-state index contributed by atoms with van der Waals surface area (Å²) < 4.78 is 40.7. The minimum Gasteiger partial charge on any atom is -0.476 e. The molecule has 0 amide bonds. The van der Waals surface area contributed by atoms with Crippen molar-refractivity contribution in [3.8, 4) is 33.7 Å². The fourth-order valence-electron chi connectivity index (χ4n) is 5.66. The Morgan fingerprint density at radius 2 is 1.91 bits per heavy atom. The van der Waals surface area contributed by atoms with Gasteiger partial charge in [-0.05, 0) is 99.6 Å². The number of sulfonamides is 1. The first kappa shape index (κ1) is 30.2. The van der Waals surface area contributed by atoms with E-state index in [1.54, 1.807) is 6.07 Å². The number of hydrogen-bond donors (Lipinski definition) is 2. The van der Waals surface area contributed by atoms with Crippen LogP contribution in [0.15, 0.2) is 58.8 Å². The van der Waals surface area contributed by atoms with Crippen molar-refractivity contribution in [3.63, 3.8) is 0 Å². The van der Waals surface area contributed by atoms with Gasteiger partial charge in [-0.1, -0.05) is 30.0 Å². The topological polar surface area (TPSA) is 119 Å². The zero-order chi connectivity index (χ0) is 31.0. The number of halogens is 1. The van der Waals surface area contributed by atoms with E-state index in [2.05, 4.69) is 33.3 Å². The first-order valence-corrected chi connectivity index (χ1v) is 17.0. The number of aromatic carboxylic acids is 1. The maximum Gasteiger partial charge on any atom is 0.355 e. The molecule has 1 aliphatic heterocycles. The molecule has 3 heterocycles. The van der Waals surface area contributed by atoms with Crippen molar-refractivity contribution in [2.45, 2.75) is 43.5 Å². The lowest BCUT2D eigenvalue weighted by Crippen LogP contribution is -2.29. The number of hydrogen-bond acceptors (Lipinski definition) is 6. The number of aromatic nitrogens is 2. The van der Waals surface area contributed by atoms with E-state index in [1.165, 1.54) is 28.8 Å². The molecule has 11 heteroatoms. The van der Waals surface area contributed by atoms with Gasteiger partial charge in [-0.15, -0.1) is 11.3 Å². The zero-order valence-corrected chi connectivity index (χ0v) is 25.9. The number of piperidine rings is 1. The van der Waals surface area contributed by atoms with Crippen LogP contribution < -0.4 is 5.14 Å².